The van der Waals surface area contributed by atoms with Crippen LogP contribution in [-0.4, -0.2) is 9.13 Å². The third-order valence-corrected chi connectivity index (χ3v) is 7.68. The van der Waals surface area contributed by atoms with E-state index in [9.17, 15) is 0 Å². The summed E-state index contributed by atoms with van der Waals surface area (Å²) in [5.74, 6) is 0. The molecular formula is C36H32Cl2N4. The molecule has 0 saturated heterocycles. The largest absolute Gasteiger partial charge is 1.00 e. The van der Waals surface area contributed by atoms with Crippen molar-refractivity contribution in [3.8, 4) is 0 Å². The summed E-state index contributed by atoms with van der Waals surface area (Å²) in [6.07, 6.45) is 4.51. The van der Waals surface area contributed by atoms with Crippen molar-refractivity contribution in [3.05, 3.63) is 168 Å². The van der Waals surface area contributed by atoms with Gasteiger partial charge >= 0.3 is 0 Å². The van der Waals surface area contributed by atoms with Crippen LogP contribution in [0.1, 0.15) is 22.3 Å². The maximum Gasteiger partial charge on any atom is 0.245 e. The Bertz CT molecular complexity index is 1750. The zero-order valence-electron chi connectivity index (χ0n) is 23.2. The van der Waals surface area contributed by atoms with Crippen LogP contribution >= 0.6 is 0 Å². The van der Waals surface area contributed by atoms with Crippen LogP contribution < -0.4 is 33.9 Å². The number of hydrogen-bond donors (Lipinski definition) is 0. The average molecular weight is 592 g/mol. The third kappa shape index (κ3) is 6.11. The van der Waals surface area contributed by atoms with Crippen molar-refractivity contribution in [2.45, 2.75) is 26.2 Å². The van der Waals surface area contributed by atoms with Crippen LogP contribution in [0.2, 0.25) is 0 Å². The van der Waals surface area contributed by atoms with Crippen LogP contribution in [0.15, 0.2) is 146 Å². The lowest BCUT2D eigenvalue weighted by atomic mass is 10.1. The van der Waals surface area contributed by atoms with Gasteiger partial charge in [-0.25, -0.2) is 18.3 Å². The normalized spacial score (nSPS) is 10.9. The summed E-state index contributed by atoms with van der Waals surface area (Å²) in [5, 5.41) is 0. The Labute approximate surface area is 258 Å². The van der Waals surface area contributed by atoms with Gasteiger partial charge in [-0.15, -0.1) is 0 Å². The van der Waals surface area contributed by atoms with Crippen molar-refractivity contribution < 1.29 is 33.9 Å². The molecular weight excluding hydrogens is 559 g/mol. The molecule has 210 valence electrons. The molecule has 0 amide bonds. The molecule has 5 aromatic carbocycles. The van der Waals surface area contributed by atoms with Crippen molar-refractivity contribution in [2.75, 3.05) is 0 Å². The molecule has 0 aliphatic heterocycles. The number of halogens is 2. The zero-order chi connectivity index (χ0) is 26.7. The second kappa shape index (κ2) is 13.1. The summed E-state index contributed by atoms with van der Waals surface area (Å²) < 4.78 is 9.42. The highest BCUT2D eigenvalue weighted by Crippen LogP contribution is 2.17. The van der Waals surface area contributed by atoms with E-state index in [0.29, 0.717) is 0 Å². The molecule has 0 atom stereocenters. The molecule has 0 saturated carbocycles. The van der Waals surface area contributed by atoms with Gasteiger partial charge in [0, 0.05) is 0 Å². The van der Waals surface area contributed by atoms with Crippen molar-refractivity contribution in [1.82, 2.24) is 9.13 Å². The van der Waals surface area contributed by atoms with E-state index < -0.39 is 0 Å². The number of nitrogens with zero attached hydrogens (tertiary/aromatic N) is 4. The molecule has 0 radical (unpaired) electrons. The van der Waals surface area contributed by atoms with Crippen LogP contribution in [0, 0.1) is 0 Å². The first-order valence-electron chi connectivity index (χ1n) is 13.9. The molecule has 4 nitrogen and oxygen atoms in total. The van der Waals surface area contributed by atoms with E-state index in [2.05, 4.69) is 164 Å². The number of benzene rings is 5. The minimum absolute atomic E-state index is 0. The SMILES string of the molecule is [Cl-].[Cl-].c1ccc(C[n+]2cn(Cc3ccc(Cn4c[n+](Cc5ccccc5)c5ccccc54)cc3)c3ccccc32)cc1. The molecule has 2 aromatic heterocycles. The van der Waals surface area contributed by atoms with E-state index in [4.69, 9.17) is 0 Å². The van der Waals surface area contributed by atoms with Gasteiger partial charge < -0.3 is 24.8 Å². The van der Waals surface area contributed by atoms with Gasteiger partial charge in [-0.05, 0) is 46.5 Å². The van der Waals surface area contributed by atoms with Gasteiger partial charge in [-0.3, -0.25) is 0 Å². The average Bonchev–Trinajstić information content (AvgIpc) is 3.53. The standard InChI is InChI=1S/C36H32N4.2ClH/c1-3-11-29(12-4-1)23-37-27-39(35-17-9-7-15-33(35)37)25-31-19-21-32(22-20-31)26-40-28-38(24-30-13-5-2-6-14-30)34-16-8-10-18-36(34)40;;/h1-22,27-28H,23-26H2;2*1H/q+2;;/p-2. The lowest BCUT2D eigenvalue weighted by molar-refractivity contribution is -0.663. The van der Waals surface area contributed by atoms with E-state index in [1.54, 1.807) is 0 Å². The van der Waals surface area contributed by atoms with Gasteiger partial charge in [-0.1, -0.05) is 109 Å². The number of aromatic nitrogens is 4. The molecule has 7 rings (SSSR count). The number of para-hydroxylation sites is 4. The van der Waals surface area contributed by atoms with Gasteiger partial charge in [-0.2, -0.15) is 0 Å². The first-order chi connectivity index (χ1) is 19.8. The molecule has 42 heavy (non-hydrogen) atoms. The molecule has 0 unspecified atom stereocenters. The Morgan fingerprint density at radius 1 is 0.381 bits per heavy atom. The predicted molar refractivity (Wildman–Crippen MR) is 160 cm³/mol. The topological polar surface area (TPSA) is 17.6 Å². The van der Waals surface area contributed by atoms with Crippen LogP contribution in [0.4, 0.5) is 0 Å². The van der Waals surface area contributed by atoms with Crippen molar-refractivity contribution >= 4 is 22.1 Å². The zero-order valence-corrected chi connectivity index (χ0v) is 24.7. The molecule has 0 spiro atoms. The second-order valence-corrected chi connectivity index (χ2v) is 10.5. The fourth-order valence-corrected chi connectivity index (χ4v) is 5.69. The molecule has 7 aromatic rings. The molecule has 0 aliphatic carbocycles. The number of rotatable bonds is 8. The second-order valence-electron chi connectivity index (χ2n) is 10.5. The molecule has 0 fully saturated rings. The Kier molecular flexibility index (Phi) is 9.06. The van der Waals surface area contributed by atoms with Crippen LogP contribution in [0.3, 0.4) is 0 Å². The summed E-state index contributed by atoms with van der Waals surface area (Å²) in [7, 11) is 0. The lowest BCUT2D eigenvalue weighted by Crippen LogP contribution is -3.00. The fraction of sp³-hybridized carbons (Fsp3) is 0.111. The molecule has 0 aliphatic rings. The van der Waals surface area contributed by atoms with Gasteiger partial charge in [0.15, 0.2) is 22.1 Å². The van der Waals surface area contributed by atoms with Gasteiger partial charge in [0.25, 0.3) is 0 Å². The van der Waals surface area contributed by atoms with E-state index in [1.165, 1.54) is 44.3 Å². The van der Waals surface area contributed by atoms with Crippen molar-refractivity contribution in [3.63, 3.8) is 0 Å². The predicted octanol–water partition coefficient (Wildman–Crippen LogP) is 0.372. The number of fused-ring (bicyclic) bond motifs is 2. The van der Waals surface area contributed by atoms with E-state index in [0.717, 1.165) is 26.2 Å². The maximum absolute atomic E-state index is 2.36. The highest BCUT2D eigenvalue weighted by molar-refractivity contribution is 5.72. The first-order valence-corrected chi connectivity index (χ1v) is 13.9. The van der Waals surface area contributed by atoms with Gasteiger partial charge in [0.05, 0.1) is 0 Å². The van der Waals surface area contributed by atoms with E-state index in [-0.39, 0.29) is 24.8 Å². The monoisotopic (exact) mass is 590 g/mol. The van der Waals surface area contributed by atoms with Crippen LogP contribution in [0.5, 0.6) is 0 Å². The Hall–Kier alpha value is -4.38. The minimum Gasteiger partial charge on any atom is -1.00 e. The summed E-state index contributed by atoms with van der Waals surface area (Å²) in [6.45, 7) is 3.41. The highest BCUT2D eigenvalue weighted by atomic mass is 35.5. The van der Waals surface area contributed by atoms with Crippen LogP contribution in [-0.2, 0) is 26.2 Å². The quantitative estimate of drug-likeness (QED) is 0.228. The summed E-state index contributed by atoms with van der Waals surface area (Å²) in [6, 6.07) is 47.8. The third-order valence-electron chi connectivity index (χ3n) is 7.68. The molecule has 0 N–H and O–H groups in total. The van der Waals surface area contributed by atoms with Gasteiger partial charge in [0.2, 0.25) is 12.7 Å². The van der Waals surface area contributed by atoms with Gasteiger partial charge in [0.1, 0.15) is 26.2 Å². The Morgan fingerprint density at radius 3 is 1.14 bits per heavy atom. The lowest BCUT2D eigenvalue weighted by Gasteiger charge is -2.03. The van der Waals surface area contributed by atoms with Crippen LogP contribution in [0.25, 0.3) is 22.1 Å². The van der Waals surface area contributed by atoms with E-state index in [1.807, 2.05) is 0 Å². The Morgan fingerprint density at radius 2 is 0.738 bits per heavy atom. The minimum atomic E-state index is 0. The molecule has 6 heteroatoms. The fourth-order valence-electron chi connectivity index (χ4n) is 5.69. The molecule has 2 heterocycles. The number of imidazole rings is 2. The van der Waals surface area contributed by atoms with Crippen molar-refractivity contribution in [1.29, 1.82) is 0 Å². The summed E-state index contributed by atoms with van der Waals surface area (Å²) in [4.78, 5) is 0. The molecule has 0 bridgehead atoms. The first kappa shape index (κ1) is 29.1. The van der Waals surface area contributed by atoms with E-state index >= 15 is 0 Å². The smallest absolute Gasteiger partial charge is 0.245 e. The summed E-state index contributed by atoms with van der Waals surface area (Å²) >= 11 is 0. The summed E-state index contributed by atoms with van der Waals surface area (Å²) in [5.41, 5.74) is 10.2. The van der Waals surface area contributed by atoms with Crippen molar-refractivity contribution in [2.24, 2.45) is 0 Å². The Balaban J connectivity index is 0.00000176. The number of hydrogen-bond acceptors (Lipinski definition) is 0. The highest BCUT2D eigenvalue weighted by Gasteiger charge is 2.18. The maximum atomic E-state index is 2.36.